The number of nitrogens with zero attached hydrogens (tertiary/aromatic N) is 2. The molecule has 118 valence electrons. The van der Waals surface area contributed by atoms with Crippen LogP contribution in [0.15, 0.2) is 30.6 Å². The Morgan fingerprint density at radius 1 is 1.41 bits per heavy atom. The average molecular weight is 350 g/mol. The maximum atomic E-state index is 12.1. The Morgan fingerprint density at radius 2 is 2.18 bits per heavy atom. The molecule has 22 heavy (non-hydrogen) atoms. The molecular formula is C13H11Cl2F2N3O2. The molecule has 5 nitrogen and oxygen atoms in total. The molecule has 0 spiro atoms. The van der Waals surface area contributed by atoms with E-state index in [1.807, 2.05) is 0 Å². The Bertz CT molecular complexity index is 664. The topological polar surface area (TPSA) is 56.2 Å². The zero-order valence-electron chi connectivity index (χ0n) is 11.1. The van der Waals surface area contributed by atoms with E-state index in [1.54, 1.807) is 6.20 Å². The second kappa shape index (κ2) is 7.42. The van der Waals surface area contributed by atoms with E-state index in [-0.39, 0.29) is 23.1 Å². The second-order valence-corrected chi connectivity index (χ2v) is 5.09. The van der Waals surface area contributed by atoms with Crippen LogP contribution in [0, 0.1) is 0 Å². The number of hydrogen-bond acceptors (Lipinski definition) is 3. The molecule has 2 rings (SSSR count). The molecule has 0 fully saturated rings. The van der Waals surface area contributed by atoms with Crippen LogP contribution in [-0.4, -0.2) is 22.3 Å². The summed E-state index contributed by atoms with van der Waals surface area (Å²) in [6.45, 7) is -2.60. The summed E-state index contributed by atoms with van der Waals surface area (Å²) >= 11 is 11.5. The molecule has 0 aliphatic heterocycles. The SMILES string of the molecule is O=C(CCn1cc(Cl)cn1)Nc1ccc(OC(F)F)c(Cl)c1. The van der Waals surface area contributed by atoms with E-state index in [0.29, 0.717) is 17.3 Å². The number of alkyl halides is 2. The monoisotopic (exact) mass is 349 g/mol. The molecule has 1 heterocycles. The Hall–Kier alpha value is -1.86. The lowest BCUT2D eigenvalue weighted by molar-refractivity contribution is -0.116. The fourth-order valence-electron chi connectivity index (χ4n) is 1.67. The van der Waals surface area contributed by atoms with Crippen LogP contribution in [0.5, 0.6) is 5.75 Å². The van der Waals surface area contributed by atoms with Gasteiger partial charge in [0.25, 0.3) is 0 Å². The summed E-state index contributed by atoms with van der Waals surface area (Å²) in [5.74, 6) is -0.425. The molecule has 1 aromatic heterocycles. The van der Waals surface area contributed by atoms with Gasteiger partial charge in [-0.15, -0.1) is 0 Å². The molecule has 0 unspecified atom stereocenters. The molecule has 1 aromatic carbocycles. The van der Waals surface area contributed by atoms with Crippen LogP contribution in [-0.2, 0) is 11.3 Å². The van der Waals surface area contributed by atoms with Gasteiger partial charge >= 0.3 is 6.61 Å². The Labute approximate surface area is 134 Å². The first kappa shape index (κ1) is 16.5. The zero-order chi connectivity index (χ0) is 16.1. The van der Waals surface area contributed by atoms with Crippen LogP contribution in [0.1, 0.15) is 6.42 Å². The fraction of sp³-hybridized carbons (Fsp3) is 0.231. The van der Waals surface area contributed by atoms with Crippen molar-refractivity contribution in [3.05, 3.63) is 40.6 Å². The molecule has 0 bridgehead atoms. The van der Waals surface area contributed by atoms with Gasteiger partial charge in [-0.25, -0.2) is 0 Å². The highest BCUT2D eigenvalue weighted by Crippen LogP contribution is 2.28. The minimum Gasteiger partial charge on any atom is -0.433 e. The lowest BCUT2D eigenvalue weighted by Crippen LogP contribution is -2.14. The van der Waals surface area contributed by atoms with Crippen LogP contribution in [0.25, 0.3) is 0 Å². The highest BCUT2D eigenvalue weighted by atomic mass is 35.5. The van der Waals surface area contributed by atoms with Crippen LogP contribution in [0.2, 0.25) is 10.0 Å². The number of benzene rings is 1. The molecule has 0 atom stereocenters. The normalized spacial score (nSPS) is 10.8. The van der Waals surface area contributed by atoms with Gasteiger partial charge in [0, 0.05) is 24.8 Å². The van der Waals surface area contributed by atoms with Gasteiger partial charge < -0.3 is 10.1 Å². The molecule has 9 heteroatoms. The number of carbonyl (C=O) groups is 1. The molecule has 2 aromatic rings. The first-order chi connectivity index (χ1) is 10.4. The Morgan fingerprint density at radius 3 is 2.77 bits per heavy atom. The Balaban J connectivity index is 1.89. The lowest BCUT2D eigenvalue weighted by Gasteiger charge is -2.09. The van der Waals surface area contributed by atoms with E-state index in [4.69, 9.17) is 23.2 Å². The Kier molecular flexibility index (Phi) is 5.57. The highest BCUT2D eigenvalue weighted by molar-refractivity contribution is 6.32. The summed E-state index contributed by atoms with van der Waals surface area (Å²) in [5.41, 5.74) is 0.384. The van der Waals surface area contributed by atoms with Gasteiger partial charge in [-0.05, 0) is 18.2 Å². The van der Waals surface area contributed by atoms with Gasteiger partial charge in [-0.1, -0.05) is 23.2 Å². The van der Waals surface area contributed by atoms with Crippen molar-refractivity contribution in [1.29, 1.82) is 0 Å². The van der Waals surface area contributed by atoms with Gasteiger partial charge in [0.2, 0.25) is 5.91 Å². The summed E-state index contributed by atoms with van der Waals surface area (Å²) in [4.78, 5) is 11.8. The largest absolute Gasteiger partial charge is 0.433 e. The third-order valence-electron chi connectivity index (χ3n) is 2.60. The number of halogens is 4. The number of aryl methyl sites for hydroxylation is 1. The number of carbonyl (C=O) groups excluding carboxylic acids is 1. The third-order valence-corrected chi connectivity index (χ3v) is 3.09. The molecule has 0 saturated carbocycles. The van der Waals surface area contributed by atoms with Crippen molar-refractivity contribution in [3.63, 3.8) is 0 Å². The summed E-state index contributed by atoms with van der Waals surface area (Å²) in [5, 5.41) is 7.01. The lowest BCUT2D eigenvalue weighted by atomic mass is 10.3. The average Bonchev–Trinajstić information content (AvgIpc) is 2.85. The minimum atomic E-state index is -2.96. The number of anilines is 1. The predicted octanol–water partition coefficient (Wildman–Crippen LogP) is 3.82. The van der Waals surface area contributed by atoms with Crippen molar-refractivity contribution in [2.75, 3.05) is 5.32 Å². The molecular weight excluding hydrogens is 339 g/mol. The van der Waals surface area contributed by atoms with Gasteiger partial charge in [0.15, 0.2) is 0 Å². The van der Waals surface area contributed by atoms with E-state index >= 15 is 0 Å². The van der Waals surface area contributed by atoms with Crippen molar-refractivity contribution in [1.82, 2.24) is 9.78 Å². The van der Waals surface area contributed by atoms with E-state index in [2.05, 4.69) is 15.2 Å². The number of ether oxygens (including phenoxy) is 1. The summed E-state index contributed by atoms with van der Waals surface area (Å²) in [6, 6.07) is 4.02. The van der Waals surface area contributed by atoms with Gasteiger partial charge in [-0.3, -0.25) is 9.48 Å². The van der Waals surface area contributed by atoms with Gasteiger partial charge in [0.05, 0.1) is 16.2 Å². The zero-order valence-corrected chi connectivity index (χ0v) is 12.6. The van der Waals surface area contributed by atoms with Crippen LogP contribution in [0.3, 0.4) is 0 Å². The summed E-state index contributed by atoms with van der Waals surface area (Å²) < 4.78 is 30.0. The van der Waals surface area contributed by atoms with Gasteiger partial charge in [0.1, 0.15) is 5.75 Å². The number of aromatic nitrogens is 2. The minimum absolute atomic E-state index is 0.0167. The molecule has 1 N–H and O–H groups in total. The summed E-state index contributed by atoms with van der Waals surface area (Å²) in [6.07, 6.45) is 3.24. The van der Waals surface area contributed by atoms with Crippen molar-refractivity contribution < 1.29 is 18.3 Å². The standard InChI is InChI=1S/C13H11Cl2F2N3O2/c14-8-6-18-20(7-8)4-3-12(21)19-9-1-2-11(10(15)5-9)22-13(16)17/h1-2,5-7,13H,3-4H2,(H,19,21). The van der Waals surface area contributed by atoms with Crippen LogP contribution < -0.4 is 10.1 Å². The van der Waals surface area contributed by atoms with E-state index < -0.39 is 6.61 Å². The maximum absolute atomic E-state index is 12.1. The van der Waals surface area contributed by atoms with Crippen molar-refractivity contribution in [3.8, 4) is 5.75 Å². The van der Waals surface area contributed by atoms with Crippen molar-refractivity contribution in [2.45, 2.75) is 19.6 Å². The van der Waals surface area contributed by atoms with Crippen LogP contribution >= 0.6 is 23.2 Å². The number of rotatable bonds is 6. The molecule has 0 aliphatic carbocycles. The second-order valence-electron chi connectivity index (χ2n) is 4.24. The molecule has 0 aliphatic rings. The first-order valence-electron chi connectivity index (χ1n) is 6.16. The van der Waals surface area contributed by atoms with E-state index in [1.165, 1.54) is 29.1 Å². The number of amides is 1. The molecule has 0 saturated heterocycles. The molecule has 1 amide bonds. The molecule has 0 radical (unpaired) electrons. The number of nitrogens with one attached hydrogen (secondary N) is 1. The number of hydrogen-bond donors (Lipinski definition) is 1. The fourth-order valence-corrected chi connectivity index (χ4v) is 2.05. The quantitative estimate of drug-likeness (QED) is 0.862. The van der Waals surface area contributed by atoms with Crippen LogP contribution in [0.4, 0.5) is 14.5 Å². The van der Waals surface area contributed by atoms with E-state index in [0.717, 1.165) is 0 Å². The predicted molar refractivity (Wildman–Crippen MR) is 78.6 cm³/mol. The maximum Gasteiger partial charge on any atom is 0.387 e. The third kappa shape index (κ3) is 4.85. The van der Waals surface area contributed by atoms with Crippen molar-refractivity contribution >= 4 is 34.8 Å². The van der Waals surface area contributed by atoms with Crippen molar-refractivity contribution in [2.24, 2.45) is 0 Å². The first-order valence-corrected chi connectivity index (χ1v) is 6.92. The van der Waals surface area contributed by atoms with Gasteiger partial charge in [-0.2, -0.15) is 13.9 Å². The van der Waals surface area contributed by atoms with E-state index in [9.17, 15) is 13.6 Å². The summed E-state index contributed by atoms with van der Waals surface area (Å²) in [7, 11) is 0. The highest BCUT2D eigenvalue weighted by Gasteiger charge is 2.10. The smallest absolute Gasteiger partial charge is 0.387 e.